The van der Waals surface area contributed by atoms with Gasteiger partial charge in [-0.2, -0.15) is 5.10 Å². The fourth-order valence-corrected chi connectivity index (χ4v) is 3.44. The van der Waals surface area contributed by atoms with E-state index >= 15 is 0 Å². The molecule has 0 radical (unpaired) electrons. The molecule has 1 aromatic carbocycles. The maximum absolute atomic E-state index is 13.0. The predicted molar refractivity (Wildman–Crippen MR) is 90.9 cm³/mol. The number of aromatic amines is 1. The summed E-state index contributed by atoms with van der Waals surface area (Å²) in [4.78, 5) is 25.4. The zero-order chi connectivity index (χ0) is 17.5. The standard InChI is InChI=1S/C17H22N4O3/c1-17(2,3)10-12-5-4-8-20(12)16(22)15-13-9-11(21(23)24)6-7-14(13)18-19-15/h6-7,9,12H,4-5,8,10H2,1-3H3,(H,18,19)/t12-/m1/s1. The Hall–Kier alpha value is -2.44. The molecule has 0 unspecified atom stereocenters. The minimum absolute atomic E-state index is 0.0365. The van der Waals surface area contributed by atoms with Crippen molar-refractivity contribution in [3.63, 3.8) is 0 Å². The van der Waals surface area contributed by atoms with Crippen LogP contribution in [0.3, 0.4) is 0 Å². The van der Waals surface area contributed by atoms with Crippen molar-refractivity contribution in [1.82, 2.24) is 15.1 Å². The van der Waals surface area contributed by atoms with Gasteiger partial charge in [0.15, 0.2) is 5.69 Å². The minimum Gasteiger partial charge on any atom is -0.334 e. The molecule has 24 heavy (non-hydrogen) atoms. The number of aromatic nitrogens is 2. The molecule has 1 aliphatic rings. The van der Waals surface area contributed by atoms with Crippen LogP contribution in [-0.2, 0) is 0 Å². The van der Waals surface area contributed by atoms with Gasteiger partial charge in [-0.1, -0.05) is 20.8 Å². The van der Waals surface area contributed by atoms with Gasteiger partial charge in [0.05, 0.1) is 10.4 Å². The lowest BCUT2D eigenvalue weighted by Crippen LogP contribution is -2.38. The van der Waals surface area contributed by atoms with Crippen LogP contribution in [0.25, 0.3) is 10.9 Å². The van der Waals surface area contributed by atoms with Crippen LogP contribution in [0.1, 0.15) is 50.5 Å². The van der Waals surface area contributed by atoms with Crippen molar-refractivity contribution in [2.45, 2.75) is 46.1 Å². The molecule has 1 aliphatic heterocycles. The molecule has 1 N–H and O–H groups in total. The summed E-state index contributed by atoms with van der Waals surface area (Å²) in [5, 5.41) is 18.4. The first-order chi connectivity index (χ1) is 11.3. The van der Waals surface area contributed by atoms with Crippen molar-refractivity contribution in [3.05, 3.63) is 34.0 Å². The van der Waals surface area contributed by atoms with Crippen LogP contribution in [0.5, 0.6) is 0 Å². The summed E-state index contributed by atoms with van der Waals surface area (Å²) in [5.74, 6) is -0.145. The molecule has 1 fully saturated rings. The zero-order valence-electron chi connectivity index (χ0n) is 14.2. The van der Waals surface area contributed by atoms with Crippen LogP contribution in [0.4, 0.5) is 5.69 Å². The molecule has 0 aliphatic carbocycles. The number of rotatable bonds is 3. The summed E-state index contributed by atoms with van der Waals surface area (Å²) >= 11 is 0. The molecular weight excluding hydrogens is 308 g/mol. The van der Waals surface area contributed by atoms with E-state index in [0.29, 0.717) is 17.4 Å². The van der Waals surface area contributed by atoms with Gasteiger partial charge < -0.3 is 4.90 Å². The minimum atomic E-state index is -0.459. The smallest absolute Gasteiger partial charge is 0.275 e. The van der Waals surface area contributed by atoms with Crippen molar-refractivity contribution >= 4 is 22.5 Å². The molecule has 1 amide bonds. The van der Waals surface area contributed by atoms with E-state index in [1.165, 1.54) is 12.1 Å². The van der Waals surface area contributed by atoms with E-state index in [9.17, 15) is 14.9 Å². The monoisotopic (exact) mass is 330 g/mol. The summed E-state index contributed by atoms with van der Waals surface area (Å²) in [6.07, 6.45) is 2.90. The highest BCUT2D eigenvalue weighted by atomic mass is 16.6. The molecule has 1 saturated heterocycles. The number of non-ortho nitro benzene ring substituents is 1. The number of amides is 1. The number of hydrogen-bond donors (Lipinski definition) is 1. The maximum atomic E-state index is 13.0. The number of nitrogens with one attached hydrogen (secondary N) is 1. The van der Waals surface area contributed by atoms with Crippen LogP contribution in [0.15, 0.2) is 18.2 Å². The van der Waals surface area contributed by atoms with E-state index < -0.39 is 4.92 Å². The Morgan fingerprint density at radius 1 is 1.46 bits per heavy atom. The Morgan fingerprint density at radius 2 is 2.21 bits per heavy atom. The maximum Gasteiger partial charge on any atom is 0.275 e. The highest BCUT2D eigenvalue weighted by Gasteiger charge is 2.34. The van der Waals surface area contributed by atoms with Gasteiger partial charge in [-0.15, -0.1) is 0 Å². The molecule has 2 heterocycles. The SMILES string of the molecule is CC(C)(C)C[C@H]1CCCN1C(=O)c1n[nH]c2ccc([N+](=O)[O-])cc12. The zero-order valence-corrected chi connectivity index (χ0v) is 14.2. The summed E-state index contributed by atoms with van der Waals surface area (Å²) in [6.45, 7) is 7.21. The number of nitro groups is 1. The molecule has 2 aromatic rings. The van der Waals surface area contributed by atoms with Gasteiger partial charge in [-0.25, -0.2) is 0 Å². The second-order valence-corrected chi connectivity index (χ2v) is 7.62. The third-order valence-corrected chi connectivity index (χ3v) is 4.45. The van der Waals surface area contributed by atoms with E-state index in [1.807, 2.05) is 4.90 Å². The van der Waals surface area contributed by atoms with Gasteiger partial charge in [0, 0.05) is 30.1 Å². The van der Waals surface area contributed by atoms with Crippen molar-refractivity contribution in [1.29, 1.82) is 0 Å². The molecule has 0 bridgehead atoms. The summed E-state index contributed by atoms with van der Waals surface area (Å²) in [5.41, 5.74) is 1.01. The van der Waals surface area contributed by atoms with Crippen molar-refractivity contribution in [2.75, 3.05) is 6.54 Å². The normalized spacial score (nSPS) is 18.3. The fraction of sp³-hybridized carbons (Fsp3) is 0.529. The average molecular weight is 330 g/mol. The van der Waals surface area contributed by atoms with E-state index in [4.69, 9.17) is 0 Å². The summed E-state index contributed by atoms with van der Waals surface area (Å²) in [7, 11) is 0. The number of H-pyrrole nitrogens is 1. The van der Waals surface area contributed by atoms with Gasteiger partial charge in [-0.05, 0) is 30.7 Å². The Kier molecular flexibility index (Phi) is 4.03. The van der Waals surface area contributed by atoms with E-state index in [0.717, 1.165) is 19.3 Å². The first-order valence-corrected chi connectivity index (χ1v) is 8.20. The number of nitrogens with zero attached hydrogens (tertiary/aromatic N) is 3. The van der Waals surface area contributed by atoms with Crippen LogP contribution >= 0.6 is 0 Å². The van der Waals surface area contributed by atoms with Crippen LogP contribution in [0.2, 0.25) is 0 Å². The largest absolute Gasteiger partial charge is 0.334 e. The number of hydrogen-bond acceptors (Lipinski definition) is 4. The van der Waals surface area contributed by atoms with Crippen LogP contribution in [-0.4, -0.2) is 38.5 Å². The number of nitro benzene ring substituents is 1. The Bertz CT molecular complexity index is 791. The fourth-order valence-electron chi connectivity index (χ4n) is 3.44. The van der Waals surface area contributed by atoms with Crippen LogP contribution < -0.4 is 0 Å². The third-order valence-electron chi connectivity index (χ3n) is 4.45. The Balaban J connectivity index is 1.93. The molecule has 3 rings (SSSR count). The Morgan fingerprint density at radius 3 is 2.88 bits per heavy atom. The predicted octanol–water partition coefficient (Wildman–Crippen LogP) is 3.51. The highest BCUT2D eigenvalue weighted by Crippen LogP contribution is 2.32. The van der Waals surface area contributed by atoms with Gasteiger partial charge in [0.1, 0.15) is 0 Å². The number of carbonyl (C=O) groups is 1. The lowest BCUT2D eigenvalue weighted by atomic mass is 9.87. The van der Waals surface area contributed by atoms with Crippen molar-refractivity contribution in [2.24, 2.45) is 5.41 Å². The van der Waals surface area contributed by atoms with Gasteiger partial charge >= 0.3 is 0 Å². The number of fused-ring (bicyclic) bond motifs is 1. The molecule has 128 valence electrons. The number of likely N-dealkylation sites (tertiary alicyclic amines) is 1. The van der Waals surface area contributed by atoms with Gasteiger partial charge in [0.25, 0.3) is 11.6 Å². The second-order valence-electron chi connectivity index (χ2n) is 7.62. The molecule has 7 heteroatoms. The van der Waals surface area contributed by atoms with Gasteiger partial charge in [0.2, 0.25) is 0 Å². The number of carbonyl (C=O) groups excluding carboxylic acids is 1. The van der Waals surface area contributed by atoms with E-state index in [-0.39, 0.29) is 28.7 Å². The Labute approximate surface area is 140 Å². The first kappa shape index (κ1) is 16.4. The van der Waals surface area contributed by atoms with E-state index in [1.54, 1.807) is 6.07 Å². The molecule has 0 saturated carbocycles. The van der Waals surface area contributed by atoms with Crippen molar-refractivity contribution < 1.29 is 9.72 Å². The molecule has 1 atom stereocenters. The van der Waals surface area contributed by atoms with Gasteiger partial charge in [-0.3, -0.25) is 20.0 Å². The lowest BCUT2D eigenvalue weighted by molar-refractivity contribution is -0.384. The lowest BCUT2D eigenvalue weighted by Gasteiger charge is -2.30. The summed E-state index contributed by atoms with van der Waals surface area (Å²) < 4.78 is 0. The first-order valence-electron chi connectivity index (χ1n) is 8.20. The van der Waals surface area contributed by atoms with Crippen molar-refractivity contribution in [3.8, 4) is 0 Å². The molecule has 1 aromatic heterocycles. The van der Waals surface area contributed by atoms with Crippen LogP contribution in [0, 0.1) is 15.5 Å². The quantitative estimate of drug-likeness (QED) is 0.688. The molecular formula is C17H22N4O3. The number of benzene rings is 1. The topological polar surface area (TPSA) is 92.1 Å². The summed E-state index contributed by atoms with van der Waals surface area (Å²) in [6, 6.07) is 4.62. The third kappa shape index (κ3) is 3.11. The average Bonchev–Trinajstić information content (AvgIpc) is 3.10. The molecule has 0 spiro atoms. The highest BCUT2D eigenvalue weighted by molar-refractivity contribution is 6.05. The van der Waals surface area contributed by atoms with E-state index in [2.05, 4.69) is 31.0 Å². The second kappa shape index (κ2) is 5.89. The molecule has 7 nitrogen and oxygen atoms in total.